The molecule has 2 aliphatic heterocycles. The van der Waals surface area contributed by atoms with Crippen LogP contribution in [-0.2, 0) is 17.9 Å². The fourth-order valence-corrected chi connectivity index (χ4v) is 7.65. The molecule has 1 saturated carbocycles. The number of benzene rings is 2. The Kier molecular flexibility index (Phi) is 7.63. The van der Waals surface area contributed by atoms with Crippen LogP contribution in [0.2, 0.25) is 0 Å². The number of fused-ring (bicyclic) bond motifs is 4. The van der Waals surface area contributed by atoms with Crippen molar-refractivity contribution >= 4 is 29.5 Å². The van der Waals surface area contributed by atoms with Crippen LogP contribution < -0.4 is 9.47 Å². The number of nitrogens with zero attached hydrogens (tertiary/aromatic N) is 4. The first-order valence-electron chi connectivity index (χ1n) is 14.7. The molecule has 0 radical (unpaired) electrons. The van der Waals surface area contributed by atoms with E-state index in [0.717, 1.165) is 17.1 Å². The van der Waals surface area contributed by atoms with Crippen LogP contribution in [0, 0.1) is 5.92 Å². The van der Waals surface area contributed by atoms with Crippen LogP contribution in [0.1, 0.15) is 63.0 Å². The van der Waals surface area contributed by atoms with E-state index in [9.17, 15) is 4.79 Å². The van der Waals surface area contributed by atoms with Gasteiger partial charge in [0.05, 0.1) is 31.6 Å². The Morgan fingerprint density at radius 2 is 1.85 bits per heavy atom. The molecule has 0 amide bonds. The normalized spacial score (nSPS) is 25.1. The lowest BCUT2D eigenvalue weighted by atomic mass is 9.81. The third-order valence-corrected chi connectivity index (χ3v) is 10.0. The van der Waals surface area contributed by atoms with Crippen LogP contribution >= 0.6 is 12.8 Å². The number of ether oxygens (including phenoxy) is 2. The van der Waals surface area contributed by atoms with Crippen LogP contribution in [0.4, 0.5) is 0 Å². The van der Waals surface area contributed by atoms with Gasteiger partial charge < -0.3 is 14.0 Å². The number of aromatic nitrogens is 1. The molecule has 0 N–H and O–H groups in total. The molecule has 1 aromatic heterocycles. The maximum Gasteiger partial charge on any atom is 0.147 e. The van der Waals surface area contributed by atoms with Gasteiger partial charge in [-0.15, -0.1) is 0 Å². The number of carbonyl (C=O) groups is 1. The third kappa shape index (κ3) is 4.73. The van der Waals surface area contributed by atoms with Gasteiger partial charge in [0.25, 0.3) is 0 Å². The number of likely N-dealkylation sites (N-methyl/N-ethyl adjacent to an activating group) is 1. The maximum absolute atomic E-state index is 13.4. The lowest BCUT2D eigenvalue weighted by Crippen LogP contribution is -2.56. The lowest BCUT2D eigenvalue weighted by Gasteiger charge is -2.43. The Balaban J connectivity index is 1.66. The summed E-state index contributed by atoms with van der Waals surface area (Å²) in [5.41, 5.74) is 6.25. The second kappa shape index (κ2) is 11.0. The van der Waals surface area contributed by atoms with E-state index < -0.39 is 0 Å². The molecule has 0 saturated heterocycles. The molecule has 8 heteroatoms. The van der Waals surface area contributed by atoms with Gasteiger partial charge in [-0.1, -0.05) is 44.2 Å². The Hall–Kier alpha value is -2.52. The van der Waals surface area contributed by atoms with Crippen molar-refractivity contribution in [1.29, 1.82) is 0 Å². The van der Waals surface area contributed by atoms with Crippen LogP contribution in [0.15, 0.2) is 36.4 Å². The first-order valence-corrected chi connectivity index (χ1v) is 15.1. The van der Waals surface area contributed by atoms with Gasteiger partial charge in [-0.3, -0.25) is 9.69 Å². The molecule has 1 aliphatic carbocycles. The summed E-state index contributed by atoms with van der Waals surface area (Å²) >= 11 is 4.87. The van der Waals surface area contributed by atoms with Gasteiger partial charge in [-0.05, 0) is 69.0 Å². The second-order valence-corrected chi connectivity index (χ2v) is 12.4. The molecule has 2 unspecified atom stereocenters. The topological polar surface area (TPSA) is 50.2 Å². The smallest absolute Gasteiger partial charge is 0.147 e. The fourth-order valence-electron chi connectivity index (χ4n) is 7.34. The number of carbonyl (C=O) groups excluding carboxylic acids is 1. The van der Waals surface area contributed by atoms with Crippen molar-refractivity contribution < 1.29 is 14.3 Å². The molecule has 7 nitrogen and oxygen atoms in total. The van der Waals surface area contributed by atoms with Crippen molar-refractivity contribution in [1.82, 2.24) is 18.9 Å². The van der Waals surface area contributed by atoms with Crippen molar-refractivity contribution in [3.63, 3.8) is 0 Å². The molecule has 0 spiro atoms. The van der Waals surface area contributed by atoms with Crippen molar-refractivity contribution in [2.75, 3.05) is 27.8 Å². The molecule has 3 aliphatic rings. The Labute approximate surface area is 243 Å². The highest BCUT2D eigenvalue weighted by atomic mass is 32.1. The zero-order valence-electron chi connectivity index (χ0n) is 24.4. The predicted molar refractivity (Wildman–Crippen MR) is 163 cm³/mol. The SMILES string of the molecule is COc1ccc2c(c1)OC[C@@H]1Cn3c-2c(C2CCCCC2)c2ccc(cc23)CN(S)N(C)C(C)N(C)C1C(C)=O. The number of thiol groups is 1. The summed E-state index contributed by atoms with van der Waals surface area (Å²) in [5, 5.41) is 3.43. The van der Waals surface area contributed by atoms with Crippen LogP contribution in [0.3, 0.4) is 0 Å². The van der Waals surface area contributed by atoms with Gasteiger partial charge in [0.1, 0.15) is 17.3 Å². The fraction of sp³-hybridized carbons (Fsp3) is 0.531. The molecule has 4 bridgehead atoms. The predicted octanol–water partition coefficient (Wildman–Crippen LogP) is 6.12. The molecule has 214 valence electrons. The number of hydrogen-bond acceptors (Lipinski definition) is 7. The summed E-state index contributed by atoms with van der Waals surface area (Å²) in [6.07, 6.45) is 6.20. The lowest BCUT2D eigenvalue weighted by molar-refractivity contribution is -0.129. The minimum absolute atomic E-state index is 0.0474. The van der Waals surface area contributed by atoms with Crippen LogP contribution in [-0.4, -0.2) is 64.7 Å². The summed E-state index contributed by atoms with van der Waals surface area (Å²) in [6, 6.07) is 12.8. The standard InChI is InChI=1S/C32H42N4O3S/c1-20(37)31-24-18-35-28-15-22(17-36(40)34(4)21(2)33(31)3)11-13-26(28)30(23-9-7-6-8-10-23)32(35)27-14-12-25(38-5)16-29(27)39-19-24/h11-16,21,23-24,31,40H,6-10,17-19H2,1-5H3/t21?,24-,31?/m0/s1. The van der Waals surface area contributed by atoms with Gasteiger partial charge in [0, 0.05) is 48.6 Å². The summed E-state index contributed by atoms with van der Waals surface area (Å²) in [7, 11) is 5.78. The third-order valence-electron chi connectivity index (χ3n) is 9.62. The average molecular weight is 563 g/mol. The molecule has 3 aromatic rings. The van der Waals surface area contributed by atoms with Gasteiger partial charge >= 0.3 is 0 Å². The van der Waals surface area contributed by atoms with Crippen LogP contribution in [0.25, 0.3) is 22.2 Å². The quantitative estimate of drug-likeness (QED) is 0.389. The van der Waals surface area contributed by atoms with Gasteiger partial charge in [0.2, 0.25) is 0 Å². The molecular weight excluding hydrogens is 520 g/mol. The molecule has 1 fully saturated rings. The van der Waals surface area contributed by atoms with Crippen molar-refractivity contribution in [3.05, 3.63) is 47.5 Å². The average Bonchev–Trinajstić information content (AvgIpc) is 3.25. The number of ketones is 1. The first kappa shape index (κ1) is 27.6. The highest BCUT2D eigenvalue weighted by Gasteiger charge is 2.38. The van der Waals surface area contributed by atoms with E-state index in [-0.39, 0.29) is 23.9 Å². The summed E-state index contributed by atoms with van der Waals surface area (Å²) in [6.45, 7) is 5.66. The first-order chi connectivity index (χ1) is 19.3. The van der Waals surface area contributed by atoms with Crippen LogP contribution in [0.5, 0.6) is 11.5 Å². The van der Waals surface area contributed by atoms with E-state index in [1.165, 1.54) is 59.8 Å². The summed E-state index contributed by atoms with van der Waals surface area (Å²) in [5.74, 6) is 2.20. The number of methoxy groups -OCH3 is 1. The Morgan fingerprint density at radius 1 is 1.07 bits per heavy atom. The van der Waals surface area contributed by atoms with Crippen molar-refractivity contribution in [2.24, 2.45) is 5.92 Å². The molecule has 2 aromatic carbocycles. The van der Waals surface area contributed by atoms with Gasteiger partial charge in [0.15, 0.2) is 0 Å². The summed E-state index contributed by atoms with van der Waals surface area (Å²) < 4.78 is 16.7. The zero-order chi connectivity index (χ0) is 28.1. The van der Waals surface area contributed by atoms with E-state index in [1.54, 1.807) is 14.0 Å². The minimum atomic E-state index is -0.322. The number of Topliss-reactive ketones (excluding diaryl/α,β-unsaturated/α-hetero) is 1. The molecule has 6 rings (SSSR count). The highest BCUT2D eigenvalue weighted by molar-refractivity contribution is 7.77. The number of rotatable bonds is 3. The number of hydrogen-bond donors (Lipinski definition) is 1. The van der Waals surface area contributed by atoms with E-state index in [0.29, 0.717) is 25.6 Å². The van der Waals surface area contributed by atoms with Crippen molar-refractivity contribution in [2.45, 2.75) is 77.2 Å². The maximum atomic E-state index is 13.4. The van der Waals surface area contributed by atoms with Crippen molar-refractivity contribution in [3.8, 4) is 22.8 Å². The Morgan fingerprint density at radius 3 is 2.58 bits per heavy atom. The van der Waals surface area contributed by atoms with E-state index in [1.807, 2.05) is 23.6 Å². The zero-order valence-corrected chi connectivity index (χ0v) is 25.3. The largest absolute Gasteiger partial charge is 0.497 e. The second-order valence-electron chi connectivity index (χ2n) is 11.9. The molecular formula is C32H42N4O3S. The summed E-state index contributed by atoms with van der Waals surface area (Å²) in [4.78, 5) is 15.6. The molecule has 3 atom stereocenters. The van der Waals surface area contributed by atoms with E-state index in [2.05, 4.69) is 52.7 Å². The Bertz CT molecular complexity index is 1410. The molecule has 40 heavy (non-hydrogen) atoms. The highest BCUT2D eigenvalue weighted by Crippen LogP contribution is 2.48. The van der Waals surface area contributed by atoms with E-state index >= 15 is 0 Å². The molecule has 3 heterocycles. The van der Waals surface area contributed by atoms with Gasteiger partial charge in [-0.2, -0.15) is 4.41 Å². The minimum Gasteiger partial charge on any atom is -0.497 e. The number of hydrazine groups is 1. The van der Waals surface area contributed by atoms with E-state index in [4.69, 9.17) is 22.3 Å². The monoisotopic (exact) mass is 562 g/mol. The van der Waals surface area contributed by atoms with Gasteiger partial charge in [-0.25, -0.2) is 5.01 Å².